The quantitative estimate of drug-likeness (QED) is 0.897. The van der Waals surface area contributed by atoms with Gasteiger partial charge in [0.25, 0.3) is 0 Å². The van der Waals surface area contributed by atoms with Gasteiger partial charge in [0.15, 0.2) is 0 Å². The molecule has 0 bridgehead atoms. The molecule has 108 valence electrons. The number of thiazole rings is 1. The summed E-state index contributed by atoms with van der Waals surface area (Å²) in [6, 6.07) is 2.42. The number of nitrogens with one attached hydrogen (secondary N) is 1. The highest BCUT2D eigenvalue weighted by Crippen LogP contribution is 2.26. The summed E-state index contributed by atoms with van der Waals surface area (Å²) in [5, 5.41) is 5.92. The van der Waals surface area contributed by atoms with Crippen LogP contribution < -0.4 is 5.32 Å². The van der Waals surface area contributed by atoms with E-state index in [0.29, 0.717) is 23.7 Å². The number of rotatable bonds is 5. The van der Waals surface area contributed by atoms with E-state index in [1.54, 1.807) is 12.3 Å². The fourth-order valence-electron chi connectivity index (χ4n) is 1.83. The zero-order valence-corrected chi connectivity index (χ0v) is 12.7. The predicted octanol–water partition coefficient (Wildman–Crippen LogP) is 4.14. The molecule has 2 aromatic rings. The third-order valence-corrected chi connectivity index (χ3v) is 3.75. The fraction of sp³-hybridized carbons (Fsp3) is 0.400. The first-order valence-corrected chi connectivity index (χ1v) is 7.46. The summed E-state index contributed by atoms with van der Waals surface area (Å²) in [6.07, 6.45) is 0. The van der Waals surface area contributed by atoms with Crippen molar-refractivity contribution in [1.29, 1.82) is 0 Å². The second kappa shape index (κ2) is 6.41. The molecule has 2 rings (SSSR count). The van der Waals surface area contributed by atoms with Gasteiger partial charge in [-0.1, -0.05) is 13.8 Å². The van der Waals surface area contributed by atoms with Crippen LogP contribution in [-0.2, 0) is 6.54 Å². The Balaban J connectivity index is 2.14. The summed E-state index contributed by atoms with van der Waals surface area (Å²) < 4.78 is 27.4. The van der Waals surface area contributed by atoms with Gasteiger partial charge in [-0.05, 0) is 37.1 Å². The molecule has 1 aromatic carbocycles. The van der Waals surface area contributed by atoms with E-state index in [4.69, 9.17) is 0 Å². The fourth-order valence-corrected chi connectivity index (χ4v) is 2.59. The Labute approximate surface area is 121 Å². The molecule has 0 spiro atoms. The van der Waals surface area contributed by atoms with Crippen LogP contribution in [0.5, 0.6) is 0 Å². The molecule has 0 amide bonds. The molecule has 0 saturated heterocycles. The van der Waals surface area contributed by atoms with Crippen LogP contribution in [0.3, 0.4) is 0 Å². The molecule has 1 N–H and O–H groups in total. The van der Waals surface area contributed by atoms with Crippen molar-refractivity contribution >= 4 is 11.3 Å². The van der Waals surface area contributed by atoms with Gasteiger partial charge >= 0.3 is 0 Å². The van der Waals surface area contributed by atoms with Crippen LogP contribution in [0.1, 0.15) is 24.4 Å². The van der Waals surface area contributed by atoms with Gasteiger partial charge in [-0.25, -0.2) is 13.8 Å². The zero-order valence-electron chi connectivity index (χ0n) is 11.8. The van der Waals surface area contributed by atoms with Gasteiger partial charge in [-0.15, -0.1) is 11.3 Å². The highest BCUT2D eigenvalue weighted by atomic mass is 32.1. The van der Waals surface area contributed by atoms with E-state index >= 15 is 0 Å². The van der Waals surface area contributed by atoms with E-state index in [-0.39, 0.29) is 5.56 Å². The van der Waals surface area contributed by atoms with Crippen LogP contribution in [0.4, 0.5) is 8.78 Å². The van der Waals surface area contributed by atoms with Gasteiger partial charge in [-0.3, -0.25) is 0 Å². The molecule has 0 aliphatic heterocycles. The molecule has 0 unspecified atom stereocenters. The minimum absolute atomic E-state index is 0.222. The van der Waals surface area contributed by atoms with Gasteiger partial charge in [0, 0.05) is 17.5 Å². The maximum Gasteiger partial charge on any atom is 0.133 e. The Morgan fingerprint density at radius 3 is 2.70 bits per heavy atom. The lowest BCUT2D eigenvalue weighted by Gasteiger charge is -2.05. The smallest absolute Gasteiger partial charge is 0.133 e. The molecule has 0 radical (unpaired) electrons. The molecule has 1 heterocycles. The number of halogens is 2. The second-order valence-corrected chi connectivity index (χ2v) is 6.18. The van der Waals surface area contributed by atoms with Crippen LogP contribution in [0, 0.1) is 24.5 Å². The normalized spacial score (nSPS) is 11.3. The van der Waals surface area contributed by atoms with Crippen molar-refractivity contribution in [1.82, 2.24) is 10.3 Å². The van der Waals surface area contributed by atoms with Crippen molar-refractivity contribution in [3.63, 3.8) is 0 Å². The first-order chi connectivity index (χ1) is 9.47. The Morgan fingerprint density at radius 2 is 2.00 bits per heavy atom. The molecule has 0 fully saturated rings. The lowest BCUT2D eigenvalue weighted by Crippen LogP contribution is -2.18. The van der Waals surface area contributed by atoms with E-state index in [1.807, 2.05) is 0 Å². The number of aromatic nitrogens is 1. The minimum atomic E-state index is -0.434. The van der Waals surface area contributed by atoms with Crippen molar-refractivity contribution in [2.45, 2.75) is 27.3 Å². The Hall–Kier alpha value is -1.33. The summed E-state index contributed by atoms with van der Waals surface area (Å²) in [5.74, 6) is -0.275. The van der Waals surface area contributed by atoms with E-state index in [9.17, 15) is 8.78 Å². The van der Waals surface area contributed by atoms with Gasteiger partial charge in [0.05, 0.1) is 5.69 Å². The number of hydrogen-bond acceptors (Lipinski definition) is 3. The number of nitrogens with zero attached hydrogens (tertiary/aromatic N) is 1. The molecule has 0 aliphatic carbocycles. The van der Waals surface area contributed by atoms with Crippen molar-refractivity contribution in [3.05, 3.63) is 39.7 Å². The van der Waals surface area contributed by atoms with Crippen LogP contribution in [0.25, 0.3) is 11.3 Å². The second-order valence-electron chi connectivity index (χ2n) is 5.23. The molecular weight excluding hydrogens is 278 g/mol. The SMILES string of the molecule is Cc1cc(F)c(-c2csc(CNCC(C)C)n2)cc1F. The summed E-state index contributed by atoms with van der Waals surface area (Å²) in [6.45, 7) is 7.36. The minimum Gasteiger partial charge on any atom is -0.310 e. The van der Waals surface area contributed by atoms with Gasteiger partial charge < -0.3 is 5.32 Å². The summed E-state index contributed by atoms with van der Waals surface area (Å²) in [4.78, 5) is 4.36. The topological polar surface area (TPSA) is 24.9 Å². The predicted molar refractivity (Wildman–Crippen MR) is 78.7 cm³/mol. The standard InChI is InChI=1S/C15H18F2N2S/c1-9(2)6-18-7-15-19-14(8-20-15)11-5-12(16)10(3)4-13(11)17/h4-5,8-9,18H,6-7H2,1-3H3. The lowest BCUT2D eigenvalue weighted by molar-refractivity contribution is 0.551. The molecule has 1 aromatic heterocycles. The first-order valence-electron chi connectivity index (χ1n) is 6.58. The van der Waals surface area contributed by atoms with E-state index in [0.717, 1.165) is 11.6 Å². The molecule has 2 nitrogen and oxygen atoms in total. The first kappa shape index (κ1) is 15.1. The Kier molecular flexibility index (Phi) is 4.83. The third-order valence-electron chi connectivity index (χ3n) is 2.90. The van der Waals surface area contributed by atoms with E-state index in [2.05, 4.69) is 24.1 Å². The summed E-state index contributed by atoms with van der Waals surface area (Å²) in [5.41, 5.74) is 1.02. The van der Waals surface area contributed by atoms with Gasteiger partial charge in [0.2, 0.25) is 0 Å². The van der Waals surface area contributed by atoms with Crippen molar-refractivity contribution in [2.24, 2.45) is 5.92 Å². The highest BCUT2D eigenvalue weighted by molar-refractivity contribution is 7.09. The monoisotopic (exact) mass is 296 g/mol. The maximum absolute atomic E-state index is 13.9. The average Bonchev–Trinajstić information content (AvgIpc) is 2.82. The van der Waals surface area contributed by atoms with Crippen molar-refractivity contribution in [3.8, 4) is 11.3 Å². The van der Waals surface area contributed by atoms with E-state index in [1.165, 1.54) is 23.5 Å². The number of benzene rings is 1. The highest BCUT2D eigenvalue weighted by Gasteiger charge is 2.12. The zero-order chi connectivity index (χ0) is 14.7. The summed E-state index contributed by atoms with van der Waals surface area (Å²) >= 11 is 1.45. The Morgan fingerprint density at radius 1 is 1.25 bits per heavy atom. The average molecular weight is 296 g/mol. The van der Waals surface area contributed by atoms with Crippen LogP contribution in [0.2, 0.25) is 0 Å². The van der Waals surface area contributed by atoms with Crippen LogP contribution >= 0.6 is 11.3 Å². The molecule has 20 heavy (non-hydrogen) atoms. The third kappa shape index (κ3) is 3.61. The molecule has 0 aliphatic rings. The van der Waals surface area contributed by atoms with E-state index < -0.39 is 11.6 Å². The van der Waals surface area contributed by atoms with Crippen LogP contribution in [0.15, 0.2) is 17.5 Å². The van der Waals surface area contributed by atoms with Crippen LogP contribution in [-0.4, -0.2) is 11.5 Å². The van der Waals surface area contributed by atoms with Gasteiger partial charge in [0.1, 0.15) is 16.6 Å². The van der Waals surface area contributed by atoms with Crippen molar-refractivity contribution in [2.75, 3.05) is 6.54 Å². The number of hydrogen-bond donors (Lipinski definition) is 1. The maximum atomic E-state index is 13.9. The molecule has 5 heteroatoms. The lowest BCUT2D eigenvalue weighted by atomic mass is 10.1. The Bertz CT molecular complexity index is 594. The summed E-state index contributed by atoms with van der Waals surface area (Å²) in [7, 11) is 0. The van der Waals surface area contributed by atoms with Crippen molar-refractivity contribution < 1.29 is 8.78 Å². The number of aryl methyl sites for hydroxylation is 1. The largest absolute Gasteiger partial charge is 0.310 e. The molecule has 0 saturated carbocycles. The van der Waals surface area contributed by atoms with Gasteiger partial charge in [-0.2, -0.15) is 0 Å². The molecular formula is C15H18F2N2S. The molecule has 0 atom stereocenters.